The highest BCUT2D eigenvalue weighted by atomic mass is 16.5. The molecule has 5 heteroatoms. The van der Waals surface area contributed by atoms with Crippen molar-refractivity contribution in [1.29, 1.82) is 0 Å². The summed E-state index contributed by atoms with van der Waals surface area (Å²) in [5.74, 6) is 0.770. The van der Waals surface area contributed by atoms with Gasteiger partial charge in [-0.25, -0.2) is 0 Å². The maximum Gasteiger partial charge on any atom is 0.238 e. The number of nitrogens with zero attached hydrogens (tertiary/aromatic N) is 2. The number of nitrogens with one attached hydrogen (secondary N) is 1. The summed E-state index contributed by atoms with van der Waals surface area (Å²) in [6, 6.07) is 19.0. The van der Waals surface area contributed by atoms with Crippen LogP contribution in [0.25, 0.3) is 0 Å². The van der Waals surface area contributed by atoms with E-state index in [-0.39, 0.29) is 5.91 Å². The Labute approximate surface area is 173 Å². The number of hydrogen-bond donors (Lipinski definition) is 1. The van der Waals surface area contributed by atoms with Crippen LogP contribution >= 0.6 is 0 Å². The van der Waals surface area contributed by atoms with E-state index in [9.17, 15) is 4.79 Å². The minimum atomic E-state index is 0.0487. The molecule has 0 aromatic heterocycles. The molecule has 2 fully saturated rings. The van der Waals surface area contributed by atoms with Crippen molar-refractivity contribution in [2.24, 2.45) is 5.92 Å². The third kappa shape index (κ3) is 5.58. The van der Waals surface area contributed by atoms with Gasteiger partial charge in [0.2, 0.25) is 5.91 Å². The topological polar surface area (TPSA) is 44.8 Å². The zero-order valence-corrected chi connectivity index (χ0v) is 17.2. The zero-order valence-electron chi connectivity index (χ0n) is 17.2. The van der Waals surface area contributed by atoms with Gasteiger partial charge in [-0.2, -0.15) is 0 Å². The Balaban J connectivity index is 1.35. The smallest absolute Gasteiger partial charge is 0.238 e. The highest BCUT2D eigenvalue weighted by Crippen LogP contribution is 2.35. The van der Waals surface area contributed by atoms with E-state index in [1.54, 1.807) is 0 Å². The van der Waals surface area contributed by atoms with Gasteiger partial charge in [0, 0.05) is 37.1 Å². The highest BCUT2D eigenvalue weighted by molar-refractivity contribution is 5.92. The highest BCUT2D eigenvalue weighted by Gasteiger charge is 2.32. The Morgan fingerprint density at radius 3 is 2.45 bits per heavy atom. The maximum atomic E-state index is 12.8. The summed E-state index contributed by atoms with van der Waals surface area (Å²) in [4.78, 5) is 17.4. The predicted octanol–water partition coefficient (Wildman–Crippen LogP) is 3.76. The lowest BCUT2D eigenvalue weighted by atomic mass is 10.1. The van der Waals surface area contributed by atoms with Gasteiger partial charge < -0.3 is 15.0 Å². The lowest BCUT2D eigenvalue weighted by Gasteiger charge is -2.29. The number of carbonyl (C=O) groups excluding carboxylic acids is 1. The number of ether oxygens (including phenoxy) is 1. The Morgan fingerprint density at radius 2 is 1.79 bits per heavy atom. The van der Waals surface area contributed by atoms with Gasteiger partial charge in [-0.15, -0.1) is 0 Å². The van der Waals surface area contributed by atoms with Crippen molar-refractivity contribution in [2.45, 2.75) is 32.4 Å². The number of amides is 1. The van der Waals surface area contributed by atoms with Gasteiger partial charge in [-0.1, -0.05) is 30.3 Å². The van der Waals surface area contributed by atoms with E-state index >= 15 is 0 Å². The molecule has 1 heterocycles. The van der Waals surface area contributed by atoms with E-state index in [1.807, 2.05) is 18.2 Å². The number of carbonyl (C=O) groups is 1. The fraction of sp³-hybridized carbons (Fsp3) is 0.458. The summed E-state index contributed by atoms with van der Waals surface area (Å²) in [5.41, 5.74) is 3.28. The van der Waals surface area contributed by atoms with Gasteiger partial charge >= 0.3 is 0 Å². The van der Waals surface area contributed by atoms with Crippen molar-refractivity contribution in [3.63, 3.8) is 0 Å². The molecule has 0 bridgehead atoms. The third-order valence-corrected chi connectivity index (χ3v) is 5.98. The molecule has 4 rings (SSSR count). The number of morpholine rings is 1. The molecule has 29 heavy (non-hydrogen) atoms. The normalized spacial score (nSPS) is 17.9. The summed E-state index contributed by atoms with van der Waals surface area (Å²) in [5, 5.41) is 3.08. The first-order valence-corrected chi connectivity index (χ1v) is 10.7. The van der Waals surface area contributed by atoms with Crippen molar-refractivity contribution in [2.75, 3.05) is 43.1 Å². The Hall–Kier alpha value is -2.37. The van der Waals surface area contributed by atoms with Crippen LogP contribution in [0.4, 0.5) is 11.4 Å². The Kier molecular flexibility index (Phi) is 6.47. The van der Waals surface area contributed by atoms with Crippen LogP contribution in [0.5, 0.6) is 0 Å². The van der Waals surface area contributed by atoms with E-state index in [2.05, 4.69) is 58.4 Å². The van der Waals surface area contributed by atoms with E-state index in [0.717, 1.165) is 44.5 Å². The quantitative estimate of drug-likeness (QED) is 0.742. The number of benzene rings is 2. The van der Waals surface area contributed by atoms with Crippen LogP contribution in [0.15, 0.2) is 54.6 Å². The van der Waals surface area contributed by atoms with Crippen LogP contribution in [-0.4, -0.2) is 49.7 Å². The Bertz CT molecular complexity index is 784. The molecule has 0 radical (unpaired) electrons. The molecule has 154 valence electrons. The maximum absolute atomic E-state index is 12.8. The molecule has 1 aliphatic heterocycles. The average Bonchev–Trinajstić information content (AvgIpc) is 3.60. The van der Waals surface area contributed by atoms with Crippen molar-refractivity contribution in [1.82, 2.24) is 4.90 Å². The molecule has 1 amide bonds. The molecule has 0 spiro atoms. The van der Waals surface area contributed by atoms with Crippen molar-refractivity contribution in [3.05, 3.63) is 60.2 Å². The standard InChI is InChI=1S/C24H31N3O2/c1-19(21-7-8-21)27(17-20-5-3-2-4-6-20)18-24(28)25-22-9-11-23(12-10-22)26-13-15-29-16-14-26/h2-6,9-12,19,21H,7-8,13-18H2,1H3,(H,25,28). The molecular formula is C24H31N3O2. The summed E-state index contributed by atoms with van der Waals surface area (Å²) in [6.45, 7) is 6.85. The van der Waals surface area contributed by atoms with E-state index < -0.39 is 0 Å². The van der Waals surface area contributed by atoms with Gasteiger partial charge in [-0.3, -0.25) is 9.69 Å². The van der Waals surface area contributed by atoms with Crippen LogP contribution in [-0.2, 0) is 16.1 Å². The lowest BCUT2D eigenvalue weighted by Crippen LogP contribution is -2.40. The summed E-state index contributed by atoms with van der Waals surface area (Å²) in [7, 11) is 0. The summed E-state index contributed by atoms with van der Waals surface area (Å²) >= 11 is 0. The fourth-order valence-electron chi connectivity index (χ4n) is 4.00. The van der Waals surface area contributed by atoms with E-state index in [1.165, 1.54) is 24.1 Å². The molecular weight excluding hydrogens is 362 g/mol. The number of rotatable bonds is 8. The molecule has 2 aliphatic rings. The third-order valence-electron chi connectivity index (χ3n) is 5.98. The van der Waals surface area contributed by atoms with Gasteiger partial charge in [0.15, 0.2) is 0 Å². The van der Waals surface area contributed by atoms with Crippen molar-refractivity contribution >= 4 is 17.3 Å². The zero-order chi connectivity index (χ0) is 20.1. The van der Waals surface area contributed by atoms with Crippen LogP contribution in [0.3, 0.4) is 0 Å². The first-order chi connectivity index (χ1) is 14.2. The van der Waals surface area contributed by atoms with Gasteiger partial charge in [0.05, 0.1) is 19.8 Å². The van der Waals surface area contributed by atoms with Crippen molar-refractivity contribution < 1.29 is 9.53 Å². The van der Waals surface area contributed by atoms with Crippen LogP contribution in [0, 0.1) is 5.92 Å². The van der Waals surface area contributed by atoms with E-state index in [0.29, 0.717) is 12.6 Å². The monoisotopic (exact) mass is 393 g/mol. The SMILES string of the molecule is CC(C1CC1)N(CC(=O)Nc1ccc(N2CCOCC2)cc1)Cc1ccccc1. The lowest BCUT2D eigenvalue weighted by molar-refractivity contribution is -0.118. The van der Waals surface area contributed by atoms with Crippen LogP contribution < -0.4 is 10.2 Å². The van der Waals surface area contributed by atoms with Crippen molar-refractivity contribution in [3.8, 4) is 0 Å². The van der Waals surface area contributed by atoms with E-state index in [4.69, 9.17) is 4.74 Å². The minimum Gasteiger partial charge on any atom is -0.378 e. The molecule has 2 aromatic carbocycles. The summed E-state index contributed by atoms with van der Waals surface area (Å²) < 4.78 is 5.41. The molecule has 1 atom stereocenters. The Morgan fingerprint density at radius 1 is 1.10 bits per heavy atom. The molecule has 1 aliphatic carbocycles. The molecule has 1 saturated carbocycles. The fourth-order valence-corrected chi connectivity index (χ4v) is 4.00. The molecule has 1 N–H and O–H groups in total. The second kappa shape index (κ2) is 9.42. The number of anilines is 2. The molecule has 2 aromatic rings. The second-order valence-corrected chi connectivity index (χ2v) is 8.16. The van der Waals surface area contributed by atoms with Crippen LogP contribution in [0.1, 0.15) is 25.3 Å². The minimum absolute atomic E-state index is 0.0487. The van der Waals surface area contributed by atoms with Gasteiger partial charge in [0.1, 0.15) is 0 Å². The molecule has 1 unspecified atom stereocenters. The summed E-state index contributed by atoms with van der Waals surface area (Å²) in [6.07, 6.45) is 2.55. The first kappa shape index (κ1) is 19.9. The van der Waals surface area contributed by atoms with Crippen LogP contribution in [0.2, 0.25) is 0 Å². The molecule has 1 saturated heterocycles. The second-order valence-electron chi connectivity index (χ2n) is 8.16. The van der Waals surface area contributed by atoms with Gasteiger partial charge in [-0.05, 0) is 55.5 Å². The first-order valence-electron chi connectivity index (χ1n) is 10.7. The molecule has 5 nitrogen and oxygen atoms in total. The largest absolute Gasteiger partial charge is 0.378 e. The number of hydrogen-bond acceptors (Lipinski definition) is 4. The average molecular weight is 394 g/mol. The van der Waals surface area contributed by atoms with Gasteiger partial charge in [0.25, 0.3) is 0 Å². The predicted molar refractivity (Wildman–Crippen MR) is 117 cm³/mol.